The van der Waals surface area contributed by atoms with Crippen LogP contribution in [0, 0.1) is 5.92 Å². The Balaban J connectivity index is 1.82. The van der Waals surface area contributed by atoms with Crippen molar-refractivity contribution >= 4 is 6.03 Å². The molecule has 0 radical (unpaired) electrons. The number of hydrogen-bond acceptors (Lipinski definition) is 3. The standard InChI is InChI=1S/C29H37N3O2/c1-32(2)20-26(16-22-10-5-3-6-11-22)28(31-29(30)34)19-24-14-9-15-25(18-24)27(21-33)17-23-12-7-4-8-13-23/h3-15,18,26-28,33H,16-17,19-21H2,1-2H3,(H3,30,31,34)/t26-,27+,28?/m0/s1. The van der Waals surface area contributed by atoms with E-state index in [1.165, 1.54) is 11.1 Å². The third-order valence-corrected chi connectivity index (χ3v) is 6.26. The lowest BCUT2D eigenvalue weighted by Crippen LogP contribution is -2.48. The molecule has 1 unspecified atom stereocenters. The van der Waals surface area contributed by atoms with E-state index in [0.29, 0.717) is 6.42 Å². The number of carbonyl (C=O) groups excluding carboxylic acids is 1. The summed E-state index contributed by atoms with van der Waals surface area (Å²) in [5.74, 6) is 0.207. The van der Waals surface area contributed by atoms with E-state index < -0.39 is 6.03 Å². The summed E-state index contributed by atoms with van der Waals surface area (Å²) in [6, 6.07) is 28.3. The molecule has 2 amide bonds. The highest BCUT2D eigenvalue weighted by Gasteiger charge is 2.25. The summed E-state index contributed by atoms with van der Waals surface area (Å²) in [4.78, 5) is 14.1. The van der Waals surface area contributed by atoms with Crippen LogP contribution in [0.2, 0.25) is 0 Å². The molecule has 0 aliphatic rings. The van der Waals surface area contributed by atoms with Gasteiger partial charge in [-0.2, -0.15) is 0 Å². The van der Waals surface area contributed by atoms with E-state index >= 15 is 0 Å². The Kier molecular flexibility index (Phi) is 9.68. The monoisotopic (exact) mass is 459 g/mol. The number of carbonyl (C=O) groups is 1. The zero-order valence-corrected chi connectivity index (χ0v) is 20.2. The van der Waals surface area contributed by atoms with Crippen molar-refractivity contribution in [3.05, 3.63) is 107 Å². The zero-order chi connectivity index (χ0) is 24.3. The molecule has 0 spiro atoms. The highest BCUT2D eigenvalue weighted by molar-refractivity contribution is 5.72. The second-order valence-electron chi connectivity index (χ2n) is 9.35. The number of nitrogens with two attached hydrogens (primary N) is 1. The molecule has 0 saturated carbocycles. The van der Waals surface area contributed by atoms with Gasteiger partial charge < -0.3 is 21.1 Å². The predicted molar refractivity (Wildman–Crippen MR) is 139 cm³/mol. The number of hydrogen-bond donors (Lipinski definition) is 3. The van der Waals surface area contributed by atoms with Crippen molar-refractivity contribution in [3.63, 3.8) is 0 Å². The minimum Gasteiger partial charge on any atom is -0.396 e. The molecule has 0 bridgehead atoms. The maximum Gasteiger partial charge on any atom is 0.312 e. The number of aliphatic hydroxyl groups is 1. The van der Waals surface area contributed by atoms with E-state index in [1.54, 1.807) is 0 Å². The van der Waals surface area contributed by atoms with Crippen molar-refractivity contribution in [2.45, 2.75) is 31.2 Å². The van der Waals surface area contributed by atoms with Crippen molar-refractivity contribution in [1.82, 2.24) is 10.2 Å². The summed E-state index contributed by atoms with van der Waals surface area (Å²) in [7, 11) is 4.10. The second-order valence-corrected chi connectivity index (χ2v) is 9.35. The van der Waals surface area contributed by atoms with Crippen molar-refractivity contribution in [1.29, 1.82) is 0 Å². The van der Waals surface area contributed by atoms with Gasteiger partial charge in [0.1, 0.15) is 0 Å². The topological polar surface area (TPSA) is 78.6 Å². The molecule has 0 aliphatic carbocycles. The van der Waals surface area contributed by atoms with Gasteiger partial charge in [0.05, 0.1) is 6.61 Å². The highest BCUT2D eigenvalue weighted by atomic mass is 16.3. The Morgan fingerprint density at radius 3 is 2.00 bits per heavy atom. The van der Waals surface area contributed by atoms with E-state index in [1.807, 2.05) is 42.5 Å². The number of rotatable bonds is 12. The van der Waals surface area contributed by atoms with Gasteiger partial charge in [-0.1, -0.05) is 84.9 Å². The Morgan fingerprint density at radius 2 is 1.44 bits per heavy atom. The fourth-order valence-electron chi connectivity index (χ4n) is 4.65. The van der Waals surface area contributed by atoms with Gasteiger partial charge in [0.25, 0.3) is 0 Å². The van der Waals surface area contributed by atoms with Crippen LogP contribution in [-0.4, -0.2) is 49.3 Å². The molecule has 180 valence electrons. The number of benzene rings is 3. The van der Waals surface area contributed by atoms with Crippen molar-refractivity contribution in [2.75, 3.05) is 27.2 Å². The first-order valence-corrected chi connectivity index (χ1v) is 11.9. The lowest BCUT2D eigenvalue weighted by molar-refractivity contribution is 0.227. The lowest BCUT2D eigenvalue weighted by atomic mass is 9.86. The van der Waals surface area contributed by atoms with Crippen molar-refractivity contribution in [2.24, 2.45) is 11.7 Å². The molecule has 0 aliphatic heterocycles. The molecule has 0 saturated heterocycles. The van der Waals surface area contributed by atoms with E-state index in [9.17, 15) is 9.90 Å². The normalized spacial score (nSPS) is 13.9. The largest absolute Gasteiger partial charge is 0.396 e. The fraction of sp³-hybridized carbons (Fsp3) is 0.345. The van der Waals surface area contributed by atoms with Crippen LogP contribution in [0.25, 0.3) is 0 Å². The molecule has 34 heavy (non-hydrogen) atoms. The van der Waals surface area contributed by atoms with Crippen LogP contribution in [0.5, 0.6) is 0 Å². The molecule has 3 atom stereocenters. The van der Waals surface area contributed by atoms with Gasteiger partial charge in [-0.25, -0.2) is 4.79 Å². The van der Waals surface area contributed by atoms with Gasteiger partial charge in [0.15, 0.2) is 0 Å². The van der Waals surface area contributed by atoms with Gasteiger partial charge in [-0.3, -0.25) is 0 Å². The summed E-state index contributed by atoms with van der Waals surface area (Å²) in [6.45, 7) is 0.908. The molecular formula is C29H37N3O2. The van der Waals surface area contributed by atoms with Gasteiger partial charge >= 0.3 is 6.03 Å². The third-order valence-electron chi connectivity index (χ3n) is 6.26. The Bertz CT molecular complexity index is 1010. The highest BCUT2D eigenvalue weighted by Crippen LogP contribution is 2.24. The Morgan fingerprint density at radius 1 is 0.853 bits per heavy atom. The smallest absolute Gasteiger partial charge is 0.312 e. The summed E-state index contributed by atoms with van der Waals surface area (Å²) in [5, 5.41) is 13.1. The Hall–Kier alpha value is -3.15. The van der Waals surface area contributed by atoms with Crippen LogP contribution in [0.3, 0.4) is 0 Å². The molecule has 4 N–H and O–H groups in total. The first-order valence-electron chi connectivity index (χ1n) is 11.9. The average molecular weight is 460 g/mol. The van der Waals surface area contributed by atoms with Gasteiger partial charge in [-0.15, -0.1) is 0 Å². The fourth-order valence-corrected chi connectivity index (χ4v) is 4.65. The number of primary amides is 1. The number of urea groups is 1. The van der Waals surface area contributed by atoms with Crippen molar-refractivity contribution in [3.8, 4) is 0 Å². The minimum absolute atomic E-state index is 0.0202. The first-order chi connectivity index (χ1) is 16.4. The van der Waals surface area contributed by atoms with Gasteiger partial charge in [0.2, 0.25) is 0 Å². The number of nitrogens with one attached hydrogen (secondary N) is 1. The van der Waals surface area contributed by atoms with E-state index in [0.717, 1.165) is 30.5 Å². The molecule has 0 aromatic heterocycles. The molecule has 3 aromatic rings. The van der Waals surface area contributed by atoms with Crippen molar-refractivity contribution < 1.29 is 9.90 Å². The van der Waals surface area contributed by atoms with Crippen LogP contribution >= 0.6 is 0 Å². The Labute approximate surface area is 203 Å². The van der Waals surface area contributed by atoms with Crippen LogP contribution in [-0.2, 0) is 19.3 Å². The van der Waals surface area contributed by atoms with Crippen LogP contribution in [0.1, 0.15) is 28.2 Å². The predicted octanol–water partition coefficient (Wildman–Crippen LogP) is 4.01. The van der Waals surface area contributed by atoms with Gasteiger partial charge in [-0.05, 0) is 61.5 Å². The molecular weight excluding hydrogens is 422 g/mol. The van der Waals surface area contributed by atoms with Crippen LogP contribution in [0.4, 0.5) is 4.79 Å². The molecule has 3 rings (SSSR count). The number of nitrogens with zero attached hydrogens (tertiary/aromatic N) is 1. The van der Waals surface area contributed by atoms with Crippen LogP contribution in [0.15, 0.2) is 84.9 Å². The number of aliphatic hydroxyl groups excluding tert-OH is 1. The summed E-state index contributed by atoms with van der Waals surface area (Å²) in [6.07, 6.45) is 2.30. The molecule has 5 heteroatoms. The summed E-state index contributed by atoms with van der Waals surface area (Å²) >= 11 is 0. The zero-order valence-electron chi connectivity index (χ0n) is 20.2. The van der Waals surface area contributed by atoms with Gasteiger partial charge in [0, 0.05) is 18.5 Å². The first kappa shape index (κ1) is 25.5. The maximum absolute atomic E-state index is 11.9. The molecule has 5 nitrogen and oxygen atoms in total. The molecule has 3 aromatic carbocycles. The molecule has 0 fully saturated rings. The lowest BCUT2D eigenvalue weighted by Gasteiger charge is -2.30. The van der Waals surface area contributed by atoms with E-state index in [2.05, 4.69) is 66.8 Å². The second kappa shape index (κ2) is 12.9. The maximum atomic E-state index is 11.9. The summed E-state index contributed by atoms with van der Waals surface area (Å²) < 4.78 is 0. The minimum atomic E-state index is -0.504. The average Bonchev–Trinajstić information content (AvgIpc) is 2.82. The SMILES string of the molecule is CN(C)C[C@H](Cc1ccccc1)C(Cc1cccc([C@@H](CO)Cc2ccccc2)c1)NC(N)=O. The summed E-state index contributed by atoms with van der Waals surface area (Å²) in [5.41, 5.74) is 10.3. The van der Waals surface area contributed by atoms with E-state index in [4.69, 9.17) is 5.73 Å². The number of amides is 2. The van der Waals surface area contributed by atoms with E-state index in [-0.39, 0.29) is 24.5 Å². The molecule has 0 heterocycles. The van der Waals surface area contributed by atoms with Crippen LogP contribution < -0.4 is 11.1 Å². The quantitative estimate of drug-likeness (QED) is 0.383. The third kappa shape index (κ3) is 8.01.